The highest BCUT2D eigenvalue weighted by Gasteiger charge is 2.15. The van der Waals surface area contributed by atoms with Crippen LogP contribution in [0, 0.1) is 5.82 Å². The molecule has 2 amide bonds. The van der Waals surface area contributed by atoms with Gasteiger partial charge in [-0.25, -0.2) is 4.39 Å². The van der Waals surface area contributed by atoms with Crippen LogP contribution in [0.15, 0.2) is 71.7 Å². The number of hydrogen-bond acceptors (Lipinski definition) is 3. The van der Waals surface area contributed by atoms with Crippen molar-refractivity contribution in [3.05, 3.63) is 99.7 Å². The second kappa shape index (κ2) is 10.0. The van der Waals surface area contributed by atoms with E-state index < -0.39 is 17.3 Å². The molecule has 7 heteroatoms. The number of nitrogens with one attached hydrogen (secondary N) is 2. The van der Waals surface area contributed by atoms with E-state index in [9.17, 15) is 18.8 Å². The lowest BCUT2D eigenvalue weighted by Gasteiger charge is -2.16. The van der Waals surface area contributed by atoms with E-state index in [1.165, 1.54) is 52.7 Å². The molecule has 2 N–H and O–H groups in total. The van der Waals surface area contributed by atoms with Crippen molar-refractivity contribution in [1.29, 1.82) is 0 Å². The van der Waals surface area contributed by atoms with Crippen LogP contribution in [-0.2, 0) is 11.3 Å². The third kappa shape index (κ3) is 5.69. The highest BCUT2D eigenvalue weighted by Crippen LogP contribution is 2.18. The molecule has 0 aliphatic heterocycles. The Morgan fingerprint density at radius 3 is 2.19 bits per heavy atom. The van der Waals surface area contributed by atoms with Gasteiger partial charge in [-0.2, -0.15) is 0 Å². The van der Waals surface area contributed by atoms with Gasteiger partial charge >= 0.3 is 0 Å². The standard InChI is InChI=1S/C25H26FN3O3/c1-16(2)18-6-8-19(9-7-18)17(3)27-23(30)15-29-14-4-5-22(25(29)32)24(31)28-21-12-10-20(26)11-13-21/h4-14,16-17H,15H2,1-3H3,(H,27,30)(H,28,31)/t17-/m1/s1. The molecule has 0 unspecified atom stereocenters. The maximum atomic E-state index is 13.0. The lowest BCUT2D eigenvalue weighted by Crippen LogP contribution is -2.35. The van der Waals surface area contributed by atoms with Crippen LogP contribution in [0.2, 0.25) is 0 Å². The molecule has 0 aliphatic rings. The molecule has 3 rings (SSSR count). The summed E-state index contributed by atoms with van der Waals surface area (Å²) < 4.78 is 14.2. The molecule has 1 aromatic heterocycles. The Balaban J connectivity index is 1.66. The molecular formula is C25H26FN3O3. The molecule has 1 heterocycles. The predicted octanol–water partition coefficient (Wildman–Crippen LogP) is 4.24. The van der Waals surface area contributed by atoms with Gasteiger partial charge in [0.15, 0.2) is 0 Å². The number of pyridine rings is 1. The zero-order chi connectivity index (χ0) is 23.3. The summed E-state index contributed by atoms with van der Waals surface area (Å²) in [7, 11) is 0. The lowest BCUT2D eigenvalue weighted by molar-refractivity contribution is -0.122. The number of carbonyl (C=O) groups is 2. The molecule has 0 fully saturated rings. The van der Waals surface area contributed by atoms with Gasteiger partial charge in [-0.3, -0.25) is 14.4 Å². The van der Waals surface area contributed by atoms with Gasteiger partial charge in [-0.15, -0.1) is 0 Å². The van der Waals surface area contributed by atoms with Crippen LogP contribution in [0.3, 0.4) is 0 Å². The summed E-state index contributed by atoms with van der Waals surface area (Å²) in [5.74, 6) is -0.979. The molecule has 0 bridgehead atoms. The fourth-order valence-electron chi connectivity index (χ4n) is 3.26. The van der Waals surface area contributed by atoms with E-state index >= 15 is 0 Å². The highest BCUT2D eigenvalue weighted by molar-refractivity contribution is 6.04. The van der Waals surface area contributed by atoms with Crippen molar-refractivity contribution in [3.8, 4) is 0 Å². The second-order valence-electron chi connectivity index (χ2n) is 7.93. The van der Waals surface area contributed by atoms with Gasteiger partial charge in [0, 0.05) is 11.9 Å². The molecule has 0 aliphatic carbocycles. The van der Waals surface area contributed by atoms with Crippen LogP contribution in [0.5, 0.6) is 0 Å². The van der Waals surface area contributed by atoms with Crippen molar-refractivity contribution in [2.75, 3.05) is 5.32 Å². The highest BCUT2D eigenvalue weighted by atomic mass is 19.1. The third-order valence-corrected chi connectivity index (χ3v) is 5.16. The molecule has 0 radical (unpaired) electrons. The second-order valence-corrected chi connectivity index (χ2v) is 7.93. The molecule has 0 saturated carbocycles. The van der Waals surface area contributed by atoms with Crippen LogP contribution in [0.4, 0.5) is 10.1 Å². The summed E-state index contributed by atoms with van der Waals surface area (Å²) in [6.45, 7) is 5.89. The smallest absolute Gasteiger partial charge is 0.263 e. The lowest BCUT2D eigenvalue weighted by atomic mass is 9.99. The van der Waals surface area contributed by atoms with E-state index in [0.29, 0.717) is 11.6 Å². The van der Waals surface area contributed by atoms with Crippen LogP contribution < -0.4 is 16.2 Å². The topological polar surface area (TPSA) is 80.2 Å². The number of aromatic nitrogens is 1. The zero-order valence-corrected chi connectivity index (χ0v) is 18.3. The fraction of sp³-hybridized carbons (Fsp3) is 0.240. The Hall–Kier alpha value is -3.74. The molecule has 3 aromatic rings. The van der Waals surface area contributed by atoms with Gasteiger partial charge in [0.1, 0.15) is 17.9 Å². The molecule has 0 saturated heterocycles. The minimum Gasteiger partial charge on any atom is -0.348 e. The molecule has 0 spiro atoms. The van der Waals surface area contributed by atoms with Gasteiger partial charge in [-0.05, 0) is 60.4 Å². The maximum Gasteiger partial charge on any atom is 0.263 e. The van der Waals surface area contributed by atoms with Gasteiger partial charge in [0.2, 0.25) is 5.91 Å². The van der Waals surface area contributed by atoms with Crippen molar-refractivity contribution in [2.24, 2.45) is 0 Å². The Morgan fingerprint density at radius 2 is 1.56 bits per heavy atom. The quantitative estimate of drug-likeness (QED) is 0.583. The van der Waals surface area contributed by atoms with Gasteiger partial charge in [-0.1, -0.05) is 38.1 Å². The Kier molecular flexibility index (Phi) is 7.20. The minimum absolute atomic E-state index is 0.109. The first-order valence-electron chi connectivity index (χ1n) is 10.4. The maximum absolute atomic E-state index is 13.0. The van der Waals surface area contributed by atoms with Gasteiger partial charge in [0.05, 0.1) is 6.04 Å². The first-order chi connectivity index (χ1) is 15.2. The summed E-state index contributed by atoms with van der Waals surface area (Å²) in [6, 6.07) is 15.9. The normalized spacial score (nSPS) is 11.8. The molecule has 32 heavy (non-hydrogen) atoms. The summed E-state index contributed by atoms with van der Waals surface area (Å²) in [6.07, 6.45) is 1.46. The first kappa shape index (κ1) is 22.9. The number of nitrogens with zero attached hydrogens (tertiary/aromatic N) is 1. The van der Waals surface area contributed by atoms with Crippen molar-refractivity contribution < 1.29 is 14.0 Å². The summed E-state index contributed by atoms with van der Waals surface area (Å²) >= 11 is 0. The minimum atomic E-state index is -0.630. The van der Waals surface area contributed by atoms with E-state index in [0.717, 1.165) is 5.56 Å². The fourth-order valence-corrected chi connectivity index (χ4v) is 3.26. The van der Waals surface area contributed by atoms with Crippen LogP contribution >= 0.6 is 0 Å². The molecule has 2 aromatic carbocycles. The Bertz CT molecular complexity index is 1150. The SMILES string of the molecule is CC(C)c1ccc([C@@H](C)NC(=O)Cn2cccc(C(=O)Nc3ccc(F)cc3)c2=O)cc1. The van der Waals surface area contributed by atoms with Crippen molar-refractivity contribution in [3.63, 3.8) is 0 Å². The summed E-state index contributed by atoms with van der Waals surface area (Å²) in [5.41, 5.74) is 1.84. The Morgan fingerprint density at radius 1 is 0.938 bits per heavy atom. The summed E-state index contributed by atoms with van der Waals surface area (Å²) in [4.78, 5) is 37.7. The largest absolute Gasteiger partial charge is 0.348 e. The zero-order valence-electron chi connectivity index (χ0n) is 18.3. The predicted molar refractivity (Wildman–Crippen MR) is 122 cm³/mol. The van der Waals surface area contributed by atoms with Crippen LogP contribution in [0.1, 0.15) is 54.2 Å². The average Bonchev–Trinajstić information content (AvgIpc) is 2.76. The number of hydrogen-bond donors (Lipinski definition) is 2. The van der Waals surface area contributed by atoms with Crippen LogP contribution in [-0.4, -0.2) is 16.4 Å². The average molecular weight is 435 g/mol. The number of anilines is 1. The molecule has 166 valence electrons. The van der Waals surface area contributed by atoms with Crippen molar-refractivity contribution in [1.82, 2.24) is 9.88 Å². The monoisotopic (exact) mass is 435 g/mol. The van der Waals surface area contributed by atoms with Crippen molar-refractivity contribution in [2.45, 2.75) is 39.3 Å². The number of carbonyl (C=O) groups excluding carboxylic acids is 2. The van der Waals surface area contributed by atoms with E-state index in [-0.39, 0.29) is 24.1 Å². The van der Waals surface area contributed by atoms with E-state index in [4.69, 9.17) is 0 Å². The first-order valence-corrected chi connectivity index (χ1v) is 10.4. The van der Waals surface area contributed by atoms with E-state index in [1.54, 1.807) is 0 Å². The van der Waals surface area contributed by atoms with Gasteiger partial charge < -0.3 is 15.2 Å². The number of benzene rings is 2. The summed E-state index contributed by atoms with van der Waals surface area (Å²) in [5, 5.41) is 5.43. The molecular weight excluding hydrogens is 409 g/mol. The Labute approximate surface area is 186 Å². The number of amides is 2. The number of halogens is 1. The number of rotatable bonds is 7. The van der Waals surface area contributed by atoms with E-state index in [2.05, 4.69) is 24.5 Å². The van der Waals surface area contributed by atoms with E-state index in [1.807, 2.05) is 31.2 Å². The third-order valence-electron chi connectivity index (χ3n) is 5.16. The van der Waals surface area contributed by atoms with Crippen LogP contribution in [0.25, 0.3) is 0 Å². The van der Waals surface area contributed by atoms with Crippen molar-refractivity contribution >= 4 is 17.5 Å². The van der Waals surface area contributed by atoms with Gasteiger partial charge in [0.25, 0.3) is 11.5 Å². The molecule has 6 nitrogen and oxygen atoms in total. The molecule has 1 atom stereocenters.